The Hall–Kier alpha value is -3.10. The monoisotopic (exact) mass is 479 g/mol. The molecule has 2 aliphatic rings. The van der Waals surface area contributed by atoms with Crippen LogP contribution in [-0.4, -0.2) is 65.0 Å². The first kappa shape index (κ1) is 23.6. The lowest BCUT2D eigenvalue weighted by molar-refractivity contribution is -0.0592. The van der Waals surface area contributed by atoms with Gasteiger partial charge < -0.3 is 23.9 Å². The topological polar surface area (TPSA) is 86.1 Å². The average Bonchev–Trinajstić information content (AvgIpc) is 3.17. The van der Waals surface area contributed by atoms with Gasteiger partial charge in [-0.3, -0.25) is 4.90 Å². The summed E-state index contributed by atoms with van der Waals surface area (Å²) in [6.45, 7) is 6.72. The molecule has 1 unspecified atom stereocenters. The number of aromatic nitrogens is 2. The van der Waals surface area contributed by atoms with Crippen LogP contribution in [0.5, 0.6) is 11.5 Å². The van der Waals surface area contributed by atoms with Crippen molar-refractivity contribution in [3.05, 3.63) is 53.3 Å². The lowest BCUT2D eigenvalue weighted by Gasteiger charge is -2.33. The first-order valence-electron chi connectivity index (χ1n) is 12.4. The Bertz CT molecular complexity index is 1190. The van der Waals surface area contributed by atoms with Gasteiger partial charge in [0.05, 0.1) is 49.5 Å². The van der Waals surface area contributed by atoms with Gasteiger partial charge in [0, 0.05) is 12.2 Å². The van der Waals surface area contributed by atoms with E-state index in [-0.39, 0.29) is 11.7 Å². The molecule has 3 heterocycles. The van der Waals surface area contributed by atoms with Crippen LogP contribution in [0, 0.1) is 0 Å². The number of piperidine rings is 1. The molecule has 0 bridgehead atoms. The molecule has 2 fully saturated rings. The third kappa shape index (κ3) is 4.86. The predicted molar refractivity (Wildman–Crippen MR) is 132 cm³/mol. The van der Waals surface area contributed by atoms with Crippen LogP contribution in [0.4, 0.5) is 0 Å². The zero-order valence-corrected chi connectivity index (χ0v) is 20.4. The number of ether oxygens (including phenoxy) is 3. The number of benzene rings is 2. The van der Waals surface area contributed by atoms with Crippen LogP contribution in [0.25, 0.3) is 11.0 Å². The summed E-state index contributed by atoms with van der Waals surface area (Å²) in [5.74, 6) is 2.12. The van der Waals surface area contributed by atoms with Crippen LogP contribution in [0.15, 0.2) is 36.4 Å². The number of rotatable bonds is 9. The van der Waals surface area contributed by atoms with E-state index in [9.17, 15) is 9.90 Å². The molecular formula is C27H33N3O5. The quantitative estimate of drug-likeness (QED) is 0.489. The maximum absolute atomic E-state index is 11.5. The molecular weight excluding hydrogens is 446 g/mol. The number of aromatic carboxylic acids is 1. The third-order valence-corrected chi connectivity index (χ3v) is 7.16. The van der Waals surface area contributed by atoms with Crippen LogP contribution in [0.1, 0.15) is 53.8 Å². The smallest absolute Gasteiger partial charge is 0.335 e. The number of imidazole rings is 1. The van der Waals surface area contributed by atoms with Crippen molar-refractivity contribution in [2.45, 2.75) is 51.3 Å². The number of hydrogen-bond acceptors (Lipinski definition) is 6. The summed E-state index contributed by atoms with van der Waals surface area (Å²) in [6.07, 6.45) is 3.24. The molecule has 0 radical (unpaired) electrons. The van der Waals surface area contributed by atoms with Crippen LogP contribution >= 0.6 is 0 Å². The highest BCUT2D eigenvalue weighted by Gasteiger charge is 2.27. The fourth-order valence-electron chi connectivity index (χ4n) is 5.21. The number of carbonyl (C=O) groups is 1. The van der Waals surface area contributed by atoms with Gasteiger partial charge in [-0.15, -0.1) is 0 Å². The number of nitrogens with zero attached hydrogens (tertiary/aromatic N) is 3. The first-order chi connectivity index (χ1) is 17.1. The minimum Gasteiger partial charge on any atom is -0.493 e. The normalized spacial score (nSPS) is 19.0. The number of fused-ring (bicyclic) bond motifs is 1. The van der Waals surface area contributed by atoms with E-state index in [0.29, 0.717) is 19.1 Å². The summed E-state index contributed by atoms with van der Waals surface area (Å²) in [4.78, 5) is 18.9. The molecule has 2 aromatic carbocycles. The molecule has 2 aliphatic heterocycles. The number of methoxy groups -OCH3 is 1. The summed E-state index contributed by atoms with van der Waals surface area (Å²) in [7, 11) is 1.71. The van der Waals surface area contributed by atoms with Crippen molar-refractivity contribution in [3.63, 3.8) is 0 Å². The van der Waals surface area contributed by atoms with Gasteiger partial charge in [-0.05, 0) is 69.5 Å². The molecule has 8 nitrogen and oxygen atoms in total. The highest BCUT2D eigenvalue weighted by atomic mass is 16.5. The van der Waals surface area contributed by atoms with Crippen molar-refractivity contribution in [3.8, 4) is 11.5 Å². The number of likely N-dealkylation sites (tertiary alicyclic amines) is 1. The second-order valence-electron chi connectivity index (χ2n) is 9.29. The van der Waals surface area contributed by atoms with E-state index in [1.165, 1.54) is 5.56 Å². The standard InChI is InChI=1S/C27H33N3O5/c1-3-34-24-6-4-5-21(26(24)33-2)18-9-12-29(13-10-18)17-25-28-22-8-7-19(27(31)32)15-23(22)30(25)16-20-11-14-35-20/h4-8,15,18,20H,3,9-14,16-17H2,1-2H3,(H,31,32). The van der Waals surface area contributed by atoms with Crippen molar-refractivity contribution in [1.29, 1.82) is 0 Å². The first-order valence-corrected chi connectivity index (χ1v) is 12.4. The summed E-state index contributed by atoms with van der Waals surface area (Å²) in [6, 6.07) is 11.3. The summed E-state index contributed by atoms with van der Waals surface area (Å²) in [5, 5.41) is 9.47. The molecule has 186 valence electrons. The number of para-hydroxylation sites is 1. The van der Waals surface area contributed by atoms with Crippen LogP contribution in [-0.2, 0) is 17.8 Å². The van der Waals surface area contributed by atoms with E-state index in [1.807, 2.05) is 25.1 Å². The van der Waals surface area contributed by atoms with Crippen LogP contribution in [0.3, 0.4) is 0 Å². The van der Waals surface area contributed by atoms with Gasteiger partial charge in [0.25, 0.3) is 0 Å². The number of carboxylic acid groups (broad SMARTS) is 1. The Kier molecular flexibility index (Phi) is 6.92. The van der Waals surface area contributed by atoms with Gasteiger partial charge in [0.2, 0.25) is 0 Å². The highest BCUT2D eigenvalue weighted by Crippen LogP contribution is 2.40. The number of carboxylic acids is 1. The highest BCUT2D eigenvalue weighted by molar-refractivity contribution is 5.92. The van der Waals surface area contributed by atoms with E-state index in [4.69, 9.17) is 19.2 Å². The molecule has 0 aliphatic carbocycles. The van der Waals surface area contributed by atoms with Gasteiger partial charge in [-0.2, -0.15) is 0 Å². The maximum atomic E-state index is 11.5. The predicted octanol–water partition coefficient (Wildman–Crippen LogP) is 4.31. The second kappa shape index (κ2) is 10.3. The van der Waals surface area contributed by atoms with Crippen LogP contribution < -0.4 is 9.47 Å². The molecule has 0 saturated carbocycles. The Morgan fingerprint density at radius 1 is 1.20 bits per heavy atom. The number of hydrogen-bond donors (Lipinski definition) is 1. The van der Waals surface area contributed by atoms with Gasteiger partial charge in [-0.1, -0.05) is 12.1 Å². The van der Waals surface area contributed by atoms with E-state index in [0.717, 1.165) is 73.9 Å². The fourth-order valence-corrected chi connectivity index (χ4v) is 5.21. The van der Waals surface area contributed by atoms with E-state index in [1.54, 1.807) is 19.2 Å². The third-order valence-electron chi connectivity index (χ3n) is 7.16. The Balaban J connectivity index is 1.33. The summed E-state index contributed by atoms with van der Waals surface area (Å²) < 4.78 is 19.4. The van der Waals surface area contributed by atoms with E-state index in [2.05, 4.69) is 15.5 Å². The molecule has 2 saturated heterocycles. The minimum absolute atomic E-state index is 0.162. The fraction of sp³-hybridized carbons (Fsp3) is 0.481. The minimum atomic E-state index is -0.924. The molecule has 0 amide bonds. The zero-order valence-electron chi connectivity index (χ0n) is 20.4. The summed E-state index contributed by atoms with van der Waals surface area (Å²) >= 11 is 0. The van der Waals surface area contributed by atoms with Gasteiger partial charge in [0.1, 0.15) is 5.82 Å². The lowest BCUT2D eigenvalue weighted by atomic mass is 9.88. The SMILES string of the molecule is CCOc1cccc(C2CCN(Cc3nc4ccc(C(=O)O)cc4n3CC3CCO3)CC2)c1OC. The molecule has 1 atom stereocenters. The maximum Gasteiger partial charge on any atom is 0.335 e. The molecule has 1 aromatic heterocycles. The molecule has 1 N–H and O–H groups in total. The zero-order chi connectivity index (χ0) is 24.4. The van der Waals surface area contributed by atoms with Crippen molar-refractivity contribution < 1.29 is 24.1 Å². The van der Waals surface area contributed by atoms with E-state index >= 15 is 0 Å². The molecule has 0 spiro atoms. The Morgan fingerprint density at radius 3 is 2.66 bits per heavy atom. The Morgan fingerprint density at radius 2 is 2.00 bits per heavy atom. The lowest BCUT2D eigenvalue weighted by Crippen LogP contribution is -2.35. The molecule has 35 heavy (non-hydrogen) atoms. The van der Waals surface area contributed by atoms with Gasteiger partial charge >= 0.3 is 5.97 Å². The largest absolute Gasteiger partial charge is 0.493 e. The van der Waals surface area contributed by atoms with Gasteiger partial charge in [-0.25, -0.2) is 9.78 Å². The van der Waals surface area contributed by atoms with E-state index < -0.39 is 5.97 Å². The summed E-state index contributed by atoms with van der Waals surface area (Å²) in [5.41, 5.74) is 3.19. The van der Waals surface area contributed by atoms with Crippen molar-refractivity contribution in [1.82, 2.24) is 14.5 Å². The molecule has 3 aromatic rings. The van der Waals surface area contributed by atoms with Crippen molar-refractivity contribution in [2.75, 3.05) is 33.4 Å². The van der Waals surface area contributed by atoms with Crippen LogP contribution in [0.2, 0.25) is 0 Å². The Labute approximate surface area is 205 Å². The molecule has 5 rings (SSSR count). The van der Waals surface area contributed by atoms with Gasteiger partial charge in [0.15, 0.2) is 11.5 Å². The molecule has 8 heteroatoms. The van der Waals surface area contributed by atoms with Crippen molar-refractivity contribution >= 4 is 17.0 Å². The average molecular weight is 480 g/mol. The van der Waals surface area contributed by atoms with Crippen molar-refractivity contribution in [2.24, 2.45) is 0 Å². The second-order valence-corrected chi connectivity index (χ2v) is 9.29.